The molecule has 3 N–H and O–H groups in total. The van der Waals surface area contributed by atoms with E-state index in [9.17, 15) is 18.0 Å². The predicted molar refractivity (Wildman–Crippen MR) is 62.2 cm³/mol. The number of hydrogen-bond acceptors (Lipinski definition) is 4. The summed E-state index contributed by atoms with van der Waals surface area (Å²) in [7, 11) is 0. The van der Waals surface area contributed by atoms with Crippen LogP contribution in [0.5, 0.6) is 0 Å². The lowest BCUT2D eigenvalue weighted by molar-refractivity contribution is -0.187. The number of halogens is 3. The van der Waals surface area contributed by atoms with Crippen LogP contribution in [0.25, 0.3) is 0 Å². The number of amides is 1. The quantitative estimate of drug-likeness (QED) is 0.881. The zero-order valence-corrected chi connectivity index (χ0v) is 10.7. The van der Waals surface area contributed by atoms with Crippen molar-refractivity contribution in [1.82, 2.24) is 10.3 Å². The third kappa shape index (κ3) is 3.20. The first-order valence-electron chi connectivity index (χ1n) is 5.19. The minimum absolute atomic E-state index is 0.0647. The summed E-state index contributed by atoms with van der Waals surface area (Å²) in [4.78, 5) is 15.4. The van der Waals surface area contributed by atoms with E-state index in [0.717, 1.165) is 5.01 Å². The molecule has 0 spiro atoms. The van der Waals surface area contributed by atoms with Crippen LogP contribution in [-0.2, 0) is 4.79 Å². The van der Waals surface area contributed by atoms with Crippen molar-refractivity contribution in [3.05, 3.63) is 16.6 Å². The molecule has 0 fully saturated rings. The number of thiazole rings is 1. The molecule has 0 aliphatic carbocycles. The topological polar surface area (TPSA) is 68.0 Å². The minimum Gasteiger partial charge on any atom is -0.354 e. The summed E-state index contributed by atoms with van der Waals surface area (Å²) in [6.07, 6.45) is -3.18. The summed E-state index contributed by atoms with van der Waals surface area (Å²) in [6, 6.07) is 0. The molecule has 1 aromatic rings. The normalized spacial score (nSPS) is 17.0. The third-order valence-corrected chi connectivity index (χ3v) is 3.51. The molecule has 0 aliphatic heterocycles. The lowest BCUT2D eigenvalue weighted by Crippen LogP contribution is -2.61. The van der Waals surface area contributed by atoms with Crippen LogP contribution in [0.3, 0.4) is 0 Å². The van der Waals surface area contributed by atoms with Crippen molar-refractivity contribution in [1.29, 1.82) is 0 Å². The Morgan fingerprint density at radius 2 is 2.22 bits per heavy atom. The lowest BCUT2D eigenvalue weighted by atomic mass is 10.0. The van der Waals surface area contributed by atoms with Crippen LogP contribution >= 0.6 is 11.3 Å². The second-order valence-electron chi connectivity index (χ2n) is 4.18. The fourth-order valence-corrected chi connectivity index (χ4v) is 1.82. The standard InChI is InChI=1S/C10H14F3N3OS/c1-6(7-15-3-4-18-7)5-16-8(17)9(2,14)10(11,12)13/h3-4,6H,5,14H2,1-2H3,(H,16,17). The van der Waals surface area contributed by atoms with E-state index in [1.54, 1.807) is 18.5 Å². The predicted octanol–water partition coefficient (Wildman–Crippen LogP) is 1.64. The number of carbonyl (C=O) groups excluding carboxylic acids is 1. The van der Waals surface area contributed by atoms with Crippen LogP contribution < -0.4 is 11.1 Å². The summed E-state index contributed by atoms with van der Waals surface area (Å²) in [5.41, 5.74) is 2.11. The van der Waals surface area contributed by atoms with E-state index in [4.69, 9.17) is 5.73 Å². The van der Waals surface area contributed by atoms with Crippen molar-refractivity contribution >= 4 is 17.2 Å². The number of nitrogens with zero attached hydrogens (tertiary/aromatic N) is 1. The van der Waals surface area contributed by atoms with E-state index in [0.29, 0.717) is 6.92 Å². The number of nitrogens with one attached hydrogen (secondary N) is 1. The molecule has 2 unspecified atom stereocenters. The van der Waals surface area contributed by atoms with Crippen molar-refractivity contribution < 1.29 is 18.0 Å². The third-order valence-electron chi connectivity index (χ3n) is 2.50. The van der Waals surface area contributed by atoms with E-state index in [-0.39, 0.29) is 12.5 Å². The molecule has 102 valence electrons. The molecule has 8 heteroatoms. The number of aromatic nitrogens is 1. The molecule has 1 rings (SSSR count). The van der Waals surface area contributed by atoms with Gasteiger partial charge in [0.1, 0.15) is 0 Å². The highest BCUT2D eigenvalue weighted by atomic mass is 32.1. The van der Waals surface area contributed by atoms with E-state index in [1.807, 2.05) is 0 Å². The number of rotatable bonds is 4. The molecule has 0 bridgehead atoms. The molecule has 18 heavy (non-hydrogen) atoms. The second-order valence-corrected chi connectivity index (χ2v) is 5.11. The smallest absolute Gasteiger partial charge is 0.354 e. The van der Waals surface area contributed by atoms with Gasteiger partial charge in [-0.3, -0.25) is 4.79 Å². The first kappa shape index (κ1) is 14.9. The maximum Gasteiger partial charge on any atom is 0.415 e. The Morgan fingerprint density at radius 1 is 1.61 bits per heavy atom. The van der Waals surface area contributed by atoms with Gasteiger partial charge in [0.15, 0.2) is 5.54 Å². The van der Waals surface area contributed by atoms with Crippen molar-refractivity contribution in [2.75, 3.05) is 6.54 Å². The van der Waals surface area contributed by atoms with Crippen LogP contribution in [0.4, 0.5) is 13.2 Å². The number of carbonyl (C=O) groups is 1. The maximum atomic E-state index is 12.5. The molecule has 0 saturated carbocycles. The molecule has 1 heterocycles. The zero-order chi connectivity index (χ0) is 14.0. The van der Waals surface area contributed by atoms with Gasteiger partial charge in [-0.1, -0.05) is 6.92 Å². The highest BCUT2D eigenvalue weighted by Gasteiger charge is 2.53. The average molecular weight is 281 g/mol. The van der Waals surface area contributed by atoms with Crippen molar-refractivity contribution in [3.8, 4) is 0 Å². The fraction of sp³-hybridized carbons (Fsp3) is 0.600. The Hall–Kier alpha value is -1.15. The van der Waals surface area contributed by atoms with E-state index < -0.39 is 17.6 Å². The van der Waals surface area contributed by atoms with E-state index in [2.05, 4.69) is 10.3 Å². The number of nitrogens with two attached hydrogens (primary N) is 1. The molecule has 1 amide bonds. The van der Waals surface area contributed by atoms with Gasteiger partial charge < -0.3 is 11.1 Å². The van der Waals surface area contributed by atoms with Gasteiger partial charge in [-0.25, -0.2) is 4.98 Å². The summed E-state index contributed by atoms with van der Waals surface area (Å²) in [6.45, 7) is 2.48. The Labute approximate surface area is 106 Å². The average Bonchev–Trinajstić information content (AvgIpc) is 2.76. The fourth-order valence-electron chi connectivity index (χ4n) is 1.12. The maximum absolute atomic E-state index is 12.5. The van der Waals surface area contributed by atoms with Crippen LogP contribution in [0.2, 0.25) is 0 Å². The molecule has 4 nitrogen and oxygen atoms in total. The van der Waals surface area contributed by atoms with Gasteiger partial charge in [0, 0.05) is 24.0 Å². The van der Waals surface area contributed by atoms with E-state index in [1.165, 1.54) is 11.3 Å². The van der Waals surface area contributed by atoms with E-state index >= 15 is 0 Å². The van der Waals surface area contributed by atoms with Crippen LogP contribution in [-0.4, -0.2) is 29.2 Å². The first-order chi connectivity index (χ1) is 8.16. The highest BCUT2D eigenvalue weighted by molar-refractivity contribution is 7.09. The first-order valence-corrected chi connectivity index (χ1v) is 6.07. The van der Waals surface area contributed by atoms with Crippen molar-refractivity contribution in [2.45, 2.75) is 31.5 Å². The van der Waals surface area contributed by atoms with Gasteiger partial charge in [0.2, 0.25) is 5.91 Å². The SMILES string of the molecule is CC(CNC(=O)C(C)(N)C(F)(F)F)c1nccs1. The molecular formula is C10H14F3N3OS. The van der Waals surface area contributed by atoms with Gasteiger partial charge in [0.05, 0.1) is 5.01 Å². The molecule has 2 atom stereocenters. The largest absolute Gasteiger partial charge is 0.415 e. The van der Waals surface area contributed by atoms with Gasteiger partial charge >= 0.3 is 6.18 Å². The number of alkyl halides is 3. The zero-order valence-electron chi connectivity index (χ0n) is 9.91. The Morgan fingerprint density at radius 3 is 2.67 bits per heavy atom. The molecule has 0 radical (unpaired) electrons. The molecular weight excluding hydrogens is 267 g/mol. The van der Waals surface area contributed by atoms with Crippen molar-refractivity contribution in [2.24, 2.45) is 5.73 Å². The summed E-state index contributed by atoms with van der Waals surface area (Å²) in [5, 5.41) is 4.71. The van der Waals surface area contributed by atoms with Crippen molar-refractivity contribution in [3.63, 3.8) is 0 Å². The molecule has 0 aliphatic rings. The van der Waals surface area contributed by atoms with Crippen LogP contribution in [0.1, 0.15) is 24.8 Å². The summed E-state index contributed by atoms with van der Waals surface area (Å²) < 4.78 is 37.5. The van der Waals surface area contributed by atoms with Crippen LogP contribution in [0, 0.1) is 0 Å². The number of hydrogen-bond donors (Lipinski definition) is 2. The van der Waals surface area contributed by atoms with Gasteiger partial charge in [-0.2, -0.15) is 13.2 Å². The Kier molecular flexibility index (Phi) is 4.33. The summed E-state index contributed by atoms with van der Waals surface area (Å²) in [5.74, 6) is -1.39. The lowest BCUT2D eigenvalue weighted by Gasteiger charge is -2.26. The molecule has 0 saturated heterocycles. The van der Waals surface area contributed by atoms with Gasteiger partial charge in [-0.15, -0.1) is 11.3 Å². The second kappa shape index (κ2) is 5.23. The van der Waals surface area contributed by atoms with Gasteiger partial charge in [-0.05, 0) is 6.92 Å². The van der Waals surface area contributed by atoms with Gasteiger partial charge in [0.25, 0.3) is 0 Å². The molecule has 0 aromatic carbocycles. The molecule has 1 aromatic heterocycles. The highest BCUT2D eigenvalue weighted by Crippen LogP contribution is 2.28. The van der Waals surface area contributed by atoms with Crippen LogP contribution in [0.15, 0.2) is 11.6 Å². The Bertz CT molecular complexity index is 403. The summed E-state index contributed by atoms with van der Waals surface area (Å²) >= 11 is 1.38. The Balaban J connectivity index is 2.57. The minimum atomic E-state index is -4.78. The monoisotopic (exact) mass is 281 g/mol.